The third-order valence-corrected chi connectivity index (χ3v) is 7.88. The first-order valence-corrected chi connectivity index (χ1v) is 14.6. The number of methoxy groups -OCH3 is 2. The SMILES string of the molecule is C=CC(=O)Cc1cccc(C)c1Nc1ncc2cc(-c3c(Cl)c(OC)cc(OC)c3Cl)nc(NCCc3ccccc3)c2n1. The average Bonchev–Trinajstić information content (AvgIpc) is 3.03. The number of rotatable bonds is 12. The second-order valence-corrected chi connectivity index (χ2v) is 10.8. The van der Waals surface area contributed by atoms with Crippen molar-refractivity contribution in [3.63, 3.8) is 0 Å². The molecule has 0 amide bonds. The van der Waals surface area contributed by atoms with Crippen molar-refractivity contribution in [2.24, 2.45) is 0 Å². The summed E-state index contributed by atoms with van der Waals surface area (Å²) in [6.45, 7) is 6.16. The second kappa shape index (κ2) is 13.8. The van der Waals surface area contributed by atoms with Crippen molar-refractivity contribution >= 4 is 57.3 Å². The molecular formula is C34H31Cl2N5O3. The van der Waals surface area contributed by atoms with Crippen molar-refractivity contribution in [1.29, 1.82) is 0 Å². The van der Waals surface area contributed by atoms with E-state index in [-0.39, 0.29) is 12.2 Å². The average molecular weight is 629 g/mol. The zero-order chi connectivity index (χ0) is 31.2. The second-order valence-electron chi connectivity index (χ2n) is 10.0. The van der Waals surface area contributed by atoms with E-state index in [9.17, 15) is 4.79 Å². The molecule has 44 heavy (non-hydrogen) atoms. The molecule has 3 aromatic carbocycles. The van der Waals surface area contributed by atoms with Crippen LogP contribution in [-0.4, -0.2) is 41.5 Å². The number of hydrogen-bond donors (Lipinski definition) is 2. The lowest BCUT2D eigenvalue weighted by Gasteiger charge is -2.17. The van der Waals surface area contributed by atoms with Gasteiger partial charge in [-0.2, -0.15) is 0 Å². The first-order valence-electron chi connectivity index (χ1n) is 13.9. The Hall–Kier alpha value is -4.66. The number of benzene rings is 3. The summed E-state index contributed by atoms with van der Waals surface area (Å²) in [4.78, 5) is 26.6. The third-order valence-electron chi connectivity index (χ3n) is 7.13. The van der Waals surface area contributed by atoms with E-state index < -0.39 is 0 Å². The van der Waals surface area contributed by atoms with Gasteiger partial charge in [-0.3, -0.25) is 4.79 Å². The summed E-state index contributed by atoms with van der Waals surface area (Å²) in [6.07, 6.45) is 4.02. The number of anilines is 3. The van der Waals surface area contributed by atoms with Crippen LogP contribution in [0.15, 0.2) is 79.5 Å². The van der Waals surface area contributed by atoms with Crippen LogP contribution in [0.25, 0.3) is 22.2 Å². The summed E-state index contributed by atoms with van der Waals surface area (Å²) >= 11 is 13.5. The Labute approximate surface area is 266 Å². The Kier molecular flexibility index (Phi) is 9.62. The molecule has 0 aliphatic heterocycles. The minimum atomic E-state index is -0.0776. The zero-order valence-corrected chi connectivity index (χ0v) is 26.1. The predicted molar refractivity (Wildman–Crippen MR) is 178 cm³/mol. The van der Waals surface area contributed by atoms with Crippen LogP contribution in [0.5, 0.6) is 11.5 Å². The van der Waals surface area contributed by atoms with Gasteiger partial charge in [-0.05, 0) is 42.2 Å². The quantitative estimate of drug-likeness (QED) is 0.134. The number of carbonyl (C=O) groups is 1. The molecule has 8 nitrogen and oxygen atoms in total. The number of hydrogen-bond acceptors (Lipinski definition) is 8. The highest BCUT2D eigenvalue weighted by atomic mass is 35.5. The lowest BCUT2D eigenvalue weighted by atomic mass is 10.0. The maximum Gasteiger partial charge on any atom is 0.227 e. The largest absolute Gasteiger partial charge is 0.495 e. The van der Waals surface area contributed by atoms with Gasteiger partial charge in [0.05, 0.1) is 30.0 Å². The van der Waals surface area contributed by atoms with Gasteiger partial charge in [-0.25, -0.2) is 15.0 Å². The number of fused-ring (bicyclic) bond motifs is 1. The molecule has 0 atom stereocenters. The Balaban J connectivity index is 1.60. The van der Waals surface area contributed by atoms with Gasteiger partial charge >= 0.3 is 0 Å². The van der Waals surface area contributed by atoms with Crippen LogP contribution in [-0.2, 0) is 17.6 Å². The summed E-state index contributed by atoms with van der Waals surface area (Å²) in [6, 6.07) is 19.4. The minimum Gasteiger partial charge on any atom is -0.495 e. The van der Waals surface area contributed by atoms with Crippen LogP contribution < -0.4 is 20.1 Å². The number of ketones is 1. The number of aryl methyl sites for hydroxylation is 1. The molecule has 10 heteroatoms. The number of nitrogens with one attached hydrogen (secondary N) is 2. The molecule has 0 bridgehead atoms. The Morgan fingerprint density at radius 3 is 2.39 bits per heavy atom. The fourth-order valence-corrected chi connectivity index (χ4v) is 5.55. The van der Waals surface area contributed by atoms with Crippen molar-refractivity contribution in [1.82, 2.24) is 15.0 Å². The molecule has 0 fully saturated rings. The molecule has 224 valence electrons. The van der Waals surface area contributed by atoms with Crippen molar-refractivity contribution in [2.45, 2.75) is 19.8 Å². The van der Waals surface area contributed by atoms with E-state index in [1.54, 1.807) is 12.3 Å². The van der Waals surface area contributed by atoms with E-state index >= 15 is 0 Å². The van der Waals surface area contributed by atoms with E-state index in [4.69, 9.17) is 42.6 Å². The van der Waals surface area contributed by atoms with Crippen molar-refractivity contribution in [2.75, 3.05) is 31.4 Å². The number of aromatic nitrogens is 3. The first-order chi connectivity index (χ1) is 21.3. The monoisotopic (exact) mass is 627 g/mol. The van der Waals surface area contributed by atoms with E-state index in [0.29, 0.717) is 62.0 Å². The fourth-order valence-electron chi connectivity index (χ4n) is 4.86. The summed E-state index contributed by atoms with van der Waals surface area (Å²) < 4.78 is 11.0. The summed E-state index contributed by atoms with van der Waals surface area (Å²) in [5.41, 5.74) is 5.29. The number of ether oxygens (including phenoxy) is 2. The van der Waals surface area contributed by atoms with Gasteiger partial charge in [-0.15, -0.1) is 0 Å². The normalized spacial score (nSPS) is 10.8. The van der Waals surface area contributed by atoms with Crippen LogP contribution in [0, 0.1) is 6.92 Å². The molecule has 5 rings (SSSR count). The lowest BCUT2D eigenvalue weighted by Crippen LogP contribution is -2.09. The standard InChI is InChI=1S/C34H31Cl2N5O3/c1-5-24(42)16-22-13-9-10-20(2)31(22)40-34-38-19-23-17-25(28-29(35)26(43-3)18-27(44-4)30(28)36)39-33(32(23)41-34)37-15-14-21-11-7-6-8-12-21/h5-13,17-19H,1,14-16H2,2-4H3,(H,37,39)(H,38,40,41). The Bertz CT molecular complexity index is 1820. The number of pyridine rings is 1. The van der Waals surface area contributed by atoms with Gasteiger partial charge in [0.15, 0.2) is 11.6 Å². The molecular weight excluding hydrogens is 597 g/mol. The Morgan fingerprint density at radius 2 is 1.70 bits per heavy atom. The topological polar surface area (TPSA) is 98.3 Å². The van der Waals surface area contributed by atoms with Gasteiger partial charge in [0.1, 0.15) is 17.0 Å². The van der Waals surface area contributed by atoms with E-state index in [1.165, 1.54) is 25.9 Å². The van der Waals surface area contributed by atoms with Crippen LogP contribution in [0.1, 0.15) is 16.7 Å². The fraction of sp³-hybridized carbons (Fsp3) is 0.176. The smallest absolute Gasteiger partial charge is 0.227 e. The van der Waals surface area contributed by atoms with E-state index in [1.807, 2.05) is 49.4 Å². The molecule has 0 radical (unpaired) electrons. The van der Waals surface area contributed by atoms with Gasteiger partial charge in [-0.1, -0.05) is 78.3 Å². The highest BCUT2D eigenvalue weighted by molar-refractivity contribution is 6.41. The molecule has 2 aromatic heterocycles. The molecule has 5 aromatic rings. The van der Waals surface area contributed by atoms with Crippen molar-refractivity contribution < 1.29 is 14.3 Å². The molecule has 0 aliphatic rings. The van der Waals surface area contributed by atoms with Gasteiger partial charge < -0.3 is 20.1 Å². The first kappa shape index (κ1) is 30.8. The summed E-state index contributed by atoms with van der Waals surface area (Å²) in [5.74, 6) is 1.62. The molecule has 0 spiro atoms. The van der Waals surface area contributed by atoms with Crippen molar-refractivity contribution in [3.8, 4) is 22.8 Å². The minimum absolute atomic E-state index is 0.0776. The Morgan fingerprint density at radius 1 is 0.977 bits per heavy atom. The van der Waals surface area contributed by atoms with Crippen LogP contribution >= 0.6 is 23.2 Å². The van der Waals surface area contributed by atoms with Crippen molar-refractivity contribution in [3.05, 3.63) is 106 Å². The van der Waals surface area contributed by atoms with Crippen LogP contribution in [0.3, 0.4) is 0 Å². The third kappa shape index (κ3) is 6.61. The molecule has 0 aliphatic carbocycles. The van der Waals surface area contributed by atoms with E-state index in [0.717, 1.165) is 23.2 Å². The molecule has 2 N–H and O–H groups in total. The molecule has 0 saturated carbocycles. The zero-order valence-electron chi connectivity index (χ0n) is 24.6. The van der Waals surface area contributed by atoms with Gasteiger partial charge in [0.25, 0.3) is 0 Å². The number of halogens is 2. The van der Waals surface area contributed by atoms with Crippen LogP contribution in [0.4, 0.5) is 17.5 Å². The summed E-state index contributed by atoms with van der Waals surface area (Å²) in [5, 5.41) is 8.11. The van der Waals surface area contributed by atoms with Gasteiger partial charge in [0.2, 0.25) is 5.95 Å². The lowest BCUT2D eigenvalue weighted by molar-refractivity contribution is -0.114. The summed E-state index contributed by atoms with van der Waals surface area (Å²) in [7, 11) is 3.05. The number of para-hydroxylation sites is 1. The molecule has 0 unspecified atom stereocenters. The highest BCUT2D eigenvalue weighted by Crippen LogP contribution is 2.46. The van der Waals surface area contributed by atoms with Gasteiger partial charge in [0, 0.05) is 41.9 Å². The maximum absolute atomic E-state index is 12.2. The van der Waals surface area contributed by atoms with Crippen LogP contribution in [0.2, 0.25) is 10.0 Å². The highest BCUT2D eigenvalue weighted by Gasteiger charge is 2.22. The number of allylic oxidation sites excluding steroid dienone is 1. The molecule has 2 heterocycles. The molecule has 0 saturated heterocycles. The number of carbonyl (C=O) groups excluding carboxylic acids is 1. The number of nitrogens with zero attached hydrogens (tertiary/aromatic N) is 3. The van der Waals surface area contributed by atoms with E-state index in [2.05, 4.69) is 34.3 Å². The maximum atomic E-state index is 12.2. The predicted octanol–water partition coefficient (Wildman–Crippen LogP) is 8.02.